The Morgan fingerprint density at radius 3 is 2.31 bits per heavy atom. The van der Waals surface area contributed by atoms with Gasteiger partial charge in [-0.25, -0.2) is 22.8 Å². The molecule has 1 aliphatic carbocycles. The van der Waals surface area contributed by atoms with Crippen molar-refractivity contribution in [2.45, 2.75) is 50.0 Å². The van der Waals surface area contributed by atoms with E-state index in [9.17, 15) is 12.8 Å². The highest BCUT2D eigenvalue weighted by molar-refractivity contribution is 7.92. The van der Waals surface area contributed by atoms with Crippen molar-refractivity contribution in [1.82, 2.24) is 9.97 Å². The second-order valence-corrected chi connectivity index (χ2v) is 9.61. The highest BCUT2D eigenvalue weighted by Gasteiger charge is 2.16. The van der Waals surface area contributed by atoms with Crippen LogP contribution in [0.15, 0.2) is 59.5 Å². The summed E-state index contributed by atoms with van der Waals surface area (Å²) in [6.07, 6.45) is 6.07. The summed E-state index contributed by atoms with van der Waals surface area (Å²) in [5.41, 5.74) is 1.12. The first-order valence-corrected chi connectivity index (χ1v) is 12.1. The number of aromatic nitrogens is 2. The van der Waals surface area contributed by atoms with Crippen LogP contribution in [0, 0.1) is 12.7 Å². The monoisotopic (exact) mass is 455 g/mol. The molecule has 0 aliphatic heterocycles. The maximum absolute atomic E-state index is 13.4. The van der Waals surface area contributed by atoms with Crippen LogP contribution < -0.4 is 15.4 Å². The Morgan fingerprint density at radius 1 is 0.906 bits per heavy atom. The highest BCUT2D eigenvalue weighted by Crippen LogP contribution is 2.24. The number of benzene rings is 2. The number of rotatable bonds is 7. The van der Waals surface area contributed by atoms with Crippen molar-refractivity contribution < 1.29 is 12.8 Å². The lowest BCUT2D eigenvalue weighted by Gasteiger charge is -2.23. The smallest absolute Gasteiger partial charge is 0.261 e. The van der Waals surface area contributed by atoms with E-state index >= 15 is 0 Å². The third-order valence-corrected chi connectivity index (χ3v) is 6.69. The van der Waals surface area contributed by atoms with E-state index in [4.69, 9.17) is 0 Å². The number of halogens is 1. The van der Waals surface area contributed by atoms with E-state index in [-0.39, 0.29) is 4.90 Å². The third kappa shape index (κ3) is 5.73. The van der Waals surface area contributed by atoms with Gasteiger partial charge in [-0.3, -0.25) is 4.72 Å². The van der Waals surface area contributed by atoms with Crippen LogP contribution in [0.1, 0.15) is 37.9 Å². The molecule has 2 aromatic carbocycles. The Bertz CT molecular complexity index is 1180. The Balaban J connectivity index is 1.43. The molecule has 0 bridgehead atoms. The molecule has 0 saturated heterocycles. The molecule has 3 aromatic rings. The molecule has 32 heavy (non-hydrogen) atoms. The topological polar surface area (TPSA) is 96.0 Å². The van der Waals surface area contributed by atoms with Crippen molar-refractivity contribution in [1.29, 1.82) is 0 Å². The highest BCUT2D eigenvalue weighted by atomic mass is 32.2. The molecule has 1 heterocycles. The van der Waals surface area contributed by atoms with Crippen molar-refractivity contribution in [3.8, 4) is 0 Å². The first kappa shape index (κ1) is 22.0. The normalized spacial score (nSPS) is 14.7. The van der Waals surface area contributed by atoms with Crippen molar-refractivity contribution >= 4 is 33.0 Å². The van der Waals surface area contributed by atoms with Crippen LogP contribution in [0.25, 0.3) is 0 Å². The minimum atomic E-state index is -3.87. The summed E-state index contributed by atoms with van der Waals surface area (Å²) in [5.74, 6) is 1.51. The molecule has 1 aliphatic rings. The Kier molecular flexibility index (Phi) is 6.55. The molecule has 1 fully saturated rings. The van der Waals surface area contributed by atoms with Crippen LogP contribution in [0.3, 0.4) is 0 Å². The zero-order valence-electron chi connectivity index (χ0n) is 17.8. The van der Waals surface area contributed by atoms with Gasteiger partial charge in [0.15, 0.2) is 0 Å². The van der Waals surface area contributed by atoms with Gasteiger partial charge < -0.3 is 10.6 Å². The second-order valence-electron chi connectivity index (χ2n) is 7.93. The molecule has 168 valence electrons. The number of nitrogens with one attached hydrogen (secondary N) is 3. The number of hydrogen-bond acceptors (Lipinski definition) is 6. The summed E-state index contributed by atoms with van der Waals surface area (Å²) in [4.78, 5) is 8.81. The van der Waals surface area contributed by atoms with Crippen LogP contribution in [0.5, 0.6) is 0 Å². The molecular formula is C23H26FN5O2S. The van der Waals surface area contributed by atoms with E-state index in [1.165, 1.54) is 37.5 Å². The standard InChI is InChI=1S/C23H26FN5O2S/c1-16-25-22(27-18-7-3-2-4-8-18)15-23(26-16)28-19-10-12-20(13-11-19)29-32(30,31)21-9-5-6-17(24)14-21/h5-6,9-15,18,29H,2-4,7-8H2,1H3,(H2,25,26,27,28). The van der Waals surface area contributed by atoms with E-state index in [0.717, 1.165) is 30.4 Å². The largest absolute Gasteiger partial charge is 0.367 e. The van der Waals surface area contributed by atoms with Gasteiger partial charge in [0.1, 0.15) is 23.3 Å². The Labute approximate surface area is 187 Å². The molecule has 0 radical (unpaired) electrons. The van der Waals surface area contributed by atoms with Gasteiger partial charge in [-0.05, 0) is 62.2 Å². The van der Waals surface area contributed by atoms with Crippen molar-refractivity contribution in [3.05, 3.63) is 66.2 Å². The molecule has 7 nitrogen and oxygen atoms in total. The lowest BCUT2D eigenvalue weighted by molar-refractivity contribution is 0.462. The van der Waals surface area contributed by atoms with Gasteiger partial charge in [-0.1, -0.05) is 25.3 Å². The van der Waals surface area contributed by atoms with Gasteiger partial charge in [-0.15, -0.1) is 0 Å². The van der Waals surface area contributed by atoms with Gasteiger partial charge in [0.2, 0.25) is 0 Å². The fraction of sp³-hybridized carbons (Fsp3) is 0.304. The molecular weight excluding hydrogens is 429 g/mol. The predicted molar refractivity (Wildman–Crippen MR) is 124 cm³/mol. The SMILES string of the molecule is Cc1nc(Nc2ccc(NS(=O)(=O)c3cccc(F)c3)cc2)cc(NC2CCCCC2)n1. The molecule has 0 spiro atoms. The lowest BCUT2D eigenvalue weighted by Crippen LogP contribution is -2.23. The number of hydrogen-bond donors (Lipinski definition) is 3. The molecule has 9 heteroatoms. The van der Waals surface area contributed by atoms with Gasteiger partial charge in [0, 0.05) is 23.5 Å². The molecule has 1 aromatic heterocycles. The fourth-order valence-corrected chi connectivity index (χ4v) is 4.87. The molecule has 1 saturated carbocycles. The molecule has 0 unspecified atom stereocenters. The van der Waals surface area contributed by atoms with Gasteiger partial charge in [0.25, 0.3) is 10.0 Å². The summed E-state index contributed by atoms with van der Waals surface area (Å²) in [7, 11) is -3.87. The van der Waals surface area contributed by atoms with Crippen molar-refractivity contribution in [2.24, 2.45) is 0 Å². The van der Waals surface area contributed by atoms with E-state index in [0.29, 0.717) is 23.4 Å². The van der Waals surface area contributed by atoms with Gasteiger partial charge in [-0.2, -0.15) is 0 Å². The quantitative estimate of drug-likeness (QED) is 0.452. The Hall–Kier alpha value is -3.20. The van der Waals surface area contributed by atoms with Crippen LogP contribution in [0.2, 0.25) is 0 Å². The number of sulfonamides is 1. The molecule has 4 rings (SSSR count). The maximum Gasteiger partial charge on any atom is 0.261 e. The number of nitrogens with zero attached hydrogens (tertiary/aromatic N) is 2. The number of aryl methyl sites for hydroxylation is 1. The van der Waals surface area contributed by atoms with Crippen LogP contribution in [-0.4, -0.2) is 24.4 Å². The van der Waals surface area contributed by atoms with E-state index in [2.05, 4.69) is 25.3 Å². The van der Waals surface area contributed by atoms with Crippen molar-refractivity contribution in [3.63, 3.8) is 0 Å². The predicted octanol–water partition coefficient (Wildman–Crippen LogP) is 5.21. The Morgan fingerprint density at radius 2 is 1.59 bits per heavy atom. The summed E-state index contributed by atoms with van der Waals surface area (Å²) in [6.45, 7) is 1.85. The molecule has 0 atom stereocenters. The first-order chi connectivity index (χ1) is 15.4. The average Bonchev–Trinajstić information content (AvgIpc) is 2.75. The summed E-state index contributed by atoms with van der Waals surface area (Å²) < 4.78 is 40.7. The zero-order valence-corrected chi connectivity index (χ0v) is 18.6. The average molecular weight is 456 g/mol. The summed E-state index contributed by atoms with van der Waals surface area (Å²) in [6, 6.07) is 14.0. The molecule has 3 N–H and O–H groups in total. The number of anilines is 4. The third-order valence-electron chi connectivity index (χ3n) is 5.31. The van der Waals surface area contributed by atoms with Gasteiger partial charge >= 0.3 is 0 Å². The van der Waals surface area contributed by atoms with E-state index in [1.807, 2.05) is 13.0 Å². The van der Waals surface area contributed by atoms with Crippen molar-refractivity contribution in [2.75, 3.05) is 15.4 Å². The minimum Gasteiger partial charge on any atom is -0.367 e. The fourth-order valence-electron chi connectivity index (χ4n) is 3.78. The van der Waals surface area contributed by atoms with E-state index < -0.39 is 15.8 Å². The minimum absolute atomic E-state index is 0.130. The maximum atomic E-state index is 13.4. The molecule has 0 amide bonds. The summed E-state index contributed by atoms with van der Waals surface area (Å²) >= 11 is 0. The van der Waals surface area contributed by atoms with Crippen LogP contribution in [0.4, 0.5) is 27.4 Å². The van der Waals surface area contributed by atoms with Crippen LogP contribution in [-0.2, 0) is 10.0 Å². The lowest BCUT2D eigenvalue weighted by atomic mass is 9.95. The van der Waals surface area contributed by atoms with Gasteiger partial charge in [0.05, 0.1) is 4.90 Å². The van der Waals surface area contributed by atoms with E-state index in [1.54, 1.807) is 24.3 Å². The second kappa shape index (κ2) is 9.52. The summed E-state index contributed by atoms with van der Waals surface area (Å²) in [5, 5.41) is 6.74. The van der Waals surface area contributed by atoms with Crippen LogP contribution >= 0.6 is 0 Å². The first-order valence-electron chi connectivity index (χ1n) is 10.7. The zero-order chi connectivity index (χ0) is 22.6.